The van der Waals surface area contributed by atoms with Crippen molar-refractivity contribution in [3.05, 3.63) is 53.8 Å². The van der Waals surface area contributed by atoms with Gasteiger partial charge < -0.3 is 20.5 Å². The van der Waals surface area contributed by atoms with Crippen molar-refractivity contribution in [3.8, 4) is 11.5 Å². The number of carbonyl (C=O) groups excluding carboxylic acids is 2. The maximum absolute atomic E-state index is 13.3. The number of carbonyl (C=O) groups is 2. The van der Waals surface area contributed by atoms with Gasteiger partial charge in [0.1, 0.15) is 17.3 Å². The summed E-state index contributed by atoms with van der Waals surface area (Å²) in [5.74, 6) is -0.939. The topological polar surface area (TPSA) is 90.7 Å². The van der Waals surface area contributed by atoms with Crippen LogP contribution in [0.4, 0.5) is 10.1 Å². The molecule has 0 fully saturated rings. The van der Waals surface area contributed by atoms with E-state index in [1.807, 2.05) is 0 Å². The summed E-state index contributed by atoms with van der Waals surface area (Å²) in [6, 6.07) is 10.3. The molecule has 2 aromatic rings. The van der Waals surface area contributed by atoms with E-state index in [1.165, 1.54) is 12.1 Å². The van der Waals surface area contributed by atoms with E-state index in [4.69, 9.17) is 15.2 Å². The van der Waals surface area contributed by atoms with Crippen LogP contribution in [-0.2, 0) is 4.79 Å². The molecule has 0 bridgehead atoms. The molecule has 3 N–H and O–H groups in total. The molecule has 0 saturated carbocycles. The zero-order valence-electron chi connectivity index (χ0n) is 12.3. The van der Waals surface area contributed by atoms with Gasteiger partial charge in [-0.1, -0.05) is 0 Å². The molecule has 0 aromatic heterocycles. The van der Waals surface area contributed by atoms with Crippen LogP contribution in [0.1, 0.15) is 10.4 Å². The zero-order valence-corrected chi connectivity index (χ0v) is 12.3. The van der Waals surface area contributed by atoms with Crippen molar-refractivity contribution < 1.29 is 23.5 Å². The molecule has 23 heavy (non-hydrogen) atoms. The molecule has 0 spiro atoms. The number of rotatable bonds is 6. The lowest BCUT2D eigenvalue weighted by molar-refractivity contribution is -0.118. The third-order valence-electron chi connectivity index (χ3n) is 2.94. The Balaban J connectivity index is 1.94. The Morgan fingerprint density at radius 3 is 2.39 bits per heavy atom. The predicted molar refractivity (Wildman–Crippen MR) is 82.0 cm³/mol. The molecule has 2 aromatic carbocycles. The van der Waals surface area contributed by atoms with Crippen LogP contribution in [0, 0.1) is 5.82 Å². The minimum absolute atomic E-state index is 0.240. The van der Waals surface area contributed by atoms with Crippen LogP contribution in [0.3, 0.4) is 0 Å². The summed E-state index contributed by atoms with van der Waals surface area (Å²) in [5, 5.41) is 2.49. The van der Waals surface area contributed by atoms with E-state index in [1.54, 1.807) is 31.4 Å². The maximum Gasteiger partial charge on any atom is 0.262 e. The van der Waals surface area contributed by atoms with Gasteiger partial charge in [0, 0.05) is 5.69 Å². The number of hydrogen-bond acceptors (Lipinski definition) is 4. The van der Waals surface area contributed by atoms with Gasteiger partial charge in [-0.05, 0) is 42.5 Å². The van der Waals surface area contributed by atoms with Gasteiger partial charge in [-0.2, -0.15) is 0 Å². The highest BCUT2D eigenvalue weighted by molar-refractivity contribution is 5.96. The number of amides is 2. The minimum atomic E-state index is -0.909. The molecule has 2 amide bonds. The smallest absolute Gasteiger partial charge is 0.262 e. The van der Waals surface area contributed by atoms with E-state index in [0.29, 0.717) is 11.5 Å². The van der Waals surface area contributed by atoms with Crippen molar-refractivity contribution in [3.63, 3.8) is 0 Å². The zero-order chi connectivity index (χ0) is 16.8. The summed E-state index contributed by atoms with van der Waals surface area (Å²) >= 11 is 0. The number of anilines is 1. The van der Waals surface area contributed by atoms with Gasteiger partial charge in [-0.25, -0.2) is 4.39 Å². The van der Waals surface area contributed by atoms with Crippen molar-refractivity contribution >= 4 is 17.5 Å². The second kappa shape index (κ2) is 7.26. The van der Waals surface area contributed by atoms with E-state index in [-0.39, 0.29) is 17.9 Å². The van der Waals surface area contributed by atoms with Crippen molar-refractivity contribution in [2.75, 3.05) is 19.0 Å². The van der Waals surface area contributed by atoms with Crippen molar-refractivity contribution in [2.45, 2.75) is 0 Å². The average molecular weight is 318 g/mol. The lowest BCUT2D eigenvalue weighted by atomic mass is 10.2. The Morgan fingerprint density at radius 2 is 1.78 bits per heavy atom. The first-order valence-electron chi connectivity index (χ1n) is 6.65. The normalized spacial score (nSPS) is 10.0. The van der Waals surface area contributed by atoms with Gasteiger partial charge in [0.15, 0.2) is 6.61 Å². The van der Waals surface area contributed by atoms with Crippen LogP contribution < -0.4 is 20.5 Å². The van der Waals surface area contributed by atoms with E-state index < -0.39 is 17.6 Å². The molecule has 7 heteroatoms. The Labute approximate surface area is 132 Å². The van der Waals surface area contributed by atoms with Gasteiger partial charge in [-0.3, -0.25) is 9.59 Å². The molecule has 120 valence electrons. The van der Waals surface area contributed by atoms with Crippen molar-refractivity contribution in [1.82, 2.24) is 0 Å². The van der Waals surface area contributed by atoms with Gasteiger partial charge in [0.2, 0.25) is 0 Å². The SMILES string of the molecule is COc1ccc(OCC(=O)Nc2ccc(F)c(C(N)=O)c2)cc1. The van der Waals surface area contributed by atoms with Crippen LogP contribution in [0.5, 0.6) is 11.5 Å². The number of ether oxygens (including phenoxy) is 2. The molecule has 0 saturated heterocycles. The number of benzene rings is 2. The molecule has 0 aliphatic carbocycles. The fourth-order valence-corrected chi connectivity index (χ4v) is 1.81. The number of primary amides is 1. The molecular formula is C16H15FN2O4. The summed E-state index contributed by atoms with van der Waals surface area (Å²) < 4.78 is 23.7. The molecule has 0 atom stereocenters. The number of nitrogens with two attached hydrogens (primary N) is 1. The first kappa shape index (κ1) is 16.3. The standard InChI is InChI=1S/C16H15FN2O4/c1-22-11-3-5-12(6-4-11)23-9-15(20)19-10-2-7-14(17)13(8-10)16(18)21/h2-8H,9H2,1H3,(H2,18,21)(H,19,20). The largest absolute Gasteiger partial charge is 0.497 e. The Bertz CT molecular complexity index is 717. The van der Waals surface area contributed by atoms with Crippen LogP contribution in [0.15, 0.2) is 42.5 Å². The summed E-state index contributed by atoms with van der Waals surface area (Å²) in [7, 11) is 1.55. The highest BCUT2D eigenvalue weighted by Crippen LogP contribution is 2.17. The Morgan fingerprint density at radius 1 is 1.13 bits per heavy atom. The molecule has 6 nitrogen and oxygen atoms in total. The monoisotopic (exact) mass is 318 g/mol. The highest BCUT2D eigenvalue weighted by atomic mass is 19.1. The summed E-state index contributed by atoms with van der Waals surface area (Å²) in [6.45, 7) is -0.240. The van der Waals surface area contributed by atoms with Gasteiger partial charge in [0.05, 0.1) is 12.7 Å². The summed E-state index contributed by atoms with van der Waals surface area (Å²) in [6.07, 6.45) is 0. The summed E-state index contributed by atoms with van der Waals surface area (Å²) in [5.41, 5.74) is 5.01. The van der Waals surface area contributed by atoms with Crippen LogP contribution in [-0.4, -0.2) is 25.5 Å². The molecule has 0 heterocycles. The third kappa shape index (κ3) is 4.44. The van der Waals surface area contributed by atoms with Crippen LogP contribution in [0.2, 0.25) is 0 Å². The molecular weight excluding hydrogens is 303 g/mol. The molecule has 0 radical (unpaired) electrons. The quantitative estimate of drug-likeness (QED) is 0.851. The first-order chi connectivity index (χ1) is 11.0. The second-order valence-corrected chi connectivity index (χ2v) is 4.57. The third-order valence-corrected chi connectivity index (χ3v) is 2.94. The number of methoxy groups -OCH3 is 1. The number of halogens is 1. The van der Waals surface area contributed by atoms with Crippen LogP contribution in [0.25, 0.3) is 0 Å². The fraction of sp³-hybridized carbons (Fsp3) is 0.125. The van der Waals surface area contributed by atoms with E-state index in [9.17, 15) is 14.0 Å². The summed E-state index contributed by atoms with van der Waals surface area (Å²) in [4.78, 5) is 22.9. The van der Waals surface area contributed by atoms with Crippen LogP contribution >= 0.6 is 0 Å². The Kier molecular flexibility index (Phi) is 5.14. The molecule has 0 unspecified atom stereocenters. The minimum Gasteiger partial charge on any atom is -0.497 e. The first-order valence-corrected chi connectivity index (χ1v) is 6.65. The van der Waals surface area contributed by atoms with E-state index in [0.717, 1.165) is 6.07 Å². The predicted octanol–water partition coefficient (Wildman–Crippen LogP) is 1.95. The van der Waals surface area contributed by atoms with E-state index in [2.05, 4.69) is 5.32 Å². The average Bonchev–Trinajstić information content (AvgIpc) is 2.55. The highest BCUT2D eigenvalue weighted by Gasteiger charge is 2.11. The lowest BCUT2D eigenvalue weighted by Crippen LogP contribution is -2.21. The lowest BCUT2D eigenvalue weighted by Gasteiger charge is -2.09. The van der Waals surface area contributed by atoms with Crippen molar-refractivity contribution in [2.24, 2.45) is 5.73 Å². The molecule has 0 aliphatic heterocycles. The Hall–Kier alpha value is -3.09. The fourth-order valence-electron chi connectivity index (χ4n) is 1.81. The van der Waals surface area contributed by atoms with Gasteiger partial charge in [0.25, 0.3) is 11.8 Å². The number of nitrogens with one attached hydrogen (secondary N) is 1. The molecule has 0 aliphatic rings. The second-order valence-electron chi connectivity index (χ2n) is 4.57. The van der Waals surface area contributed by atoms with Gasteiger partial charge in [-0.15, -0.1) is 0 Å². The molecule has 2 rings (SSSR count). The number of hydrogen-bond donors (Lipinski definition) is 2. The van der Waals surface area contributed by atoms with Crippen molar-refractivity contribution in [1.29, 1.82) is 0 Å². The van der Waals surface area contributed by atoms with Gasteiger partial charge >= 0.3 is 0 Å². The van der Waals surface area contributed by atoms with E-state index >= 15 is 0 Å². The maximum atomic E-state index is 13.3.